The van der Waals surface area contributed by atoms with Crippen molar-refractivity contribution in [2.45, 2.75) is 0 Å². The van der Waals surface area contributed by atoms with E-state index in [4.69, 9.17) is 5.11 Å². The van der Waals surface area contributed by atoms with E-state index in [9.17, 15) is 4.79 Å². The smallest absolute Gasteiger partial charge is 0.409 e. The van der Waals surface area contributed by atoms with Crippen LogP contribution in [0.25, 0.3) is 0 Å². The van der Waals surface area contributed by atoms with E-state index in [0.29, 0.717) is 12.4 Å². The van der Waals surface area contributed by atoms with Crippen LogP contribution in [0.5, 0.6) is 0 Å². The number of benzene rings is 1. The van der Waals surface area contributed by atoms with Gasteiger partial charge in [-0.15, -0.1) is 0 Å². The van der Waals surface area contributed by atoms with Gasteiger partial charge in [0.1, 0.15) is 6.67 Å². The van der Waals surface area contributed by atoms with Gasteiger partial charge in [-0.1, -0.05) is 0 Å². The van der Waals surface area contributed by atoms with E-state index < -0.39 is 6.09 Å². The molecule has 0 spiro atoms. The molecule has 0 unspecified atom stereocenters. The predicted molar refractivity (Wildman–Crippen MR) is 54.2 cm³/mol. The summed E-state index contributed by atoms with van der Waals surface area (Å²) in [5.74, 6) is 0. The number of nitrogens with one attached hydrogen (secondary N) is 2. The number of fused-ring (bicyclic) bond motifs is 1. The van der Waals surface area contributed by atoms with Crippen LogP contribution >= 0.6 is 0 Å². The average Bonchev–Trinajstić information content (AvgIpc) is 2.17. The van der Waals surface area contributed by atoms with Crippen molar-refractivity contribution in [3.8, 4) is 0 Å². The molecule has 0 bridgehead atoms. The molecule has 1 heterocycles. The Bertz CT molecular complexity index is 401. The number of anilines is 2. The first-order chi connectivity index (χ1) is 6.75. The van der Waals surface area contributed by atoms with Crippen molar-refractivity contribution in [1.29, 1.82) is 0 Å². The largest absolute Gasteiger partial charge is 0.465 e. The Hall–Kier alpha value is -2.04. The molecule has 1 aromatic rings. The Balaban J connectivity index is 2.30. The zero-order chi connectivity index (χ0) is 9.97. The minimum atomic E-state index is -1.06. The van der Waals surface area contributed by atoms with Gasteiger partial charge in [0.15, 0.2) is 0 Å². The average molecular weight is 191 g/mol. The van der Waals surface area contributed by atoms with E-state index in [-0.39, 0.29) is 0 Å². The molecule has 1 aromatic carbocycles. The van der Waals surface area contributed by atoms with Gasteiger partial charge in [-0.2, -0.15) is 0 Å². The summed E-state index contributed by atoms with van der Waals surface area (Å²) >= 11 is 0. The maximum Gasteiger partial charge on any atom is 0.409 e. The highest BCUT2D eigenvalue weighted by Crippen LogP contribution is 2.20. The second-order valence-electron chi connectivity index (χ2n) is 2.88. The monoisotopic (exact) mass is 191 g/mol. The van der Waals surface area contributed by atoms with Gasteiger partial charge in [0, 0.05) is 23.2 Å². The molecular formula is C9H9N3O2. The van der Waals surface area contributed by atoms with Crippen LogP contribution in [0.1, 0.15) is 5.56 Å². The number of carboxylic acid groups (broad SMARTS) is 1. The number of rotatable bonds is 1. The molecule has 0 radical (unpaired) electrons. The molecule has 5 heteroatoms. The van der Waals surface area contributed by atoms with Crippen molar-refractivity contribution in [2.24, 2.45) is 4.99 Å². The highest BCUT2D eigenvalue weighted by atomic mass is 16.4. The lowest BCUT2D eigenvalue weighted by molar-refractivity contribution is 0.210. The van der Waals surface area contributed by atoms with E-state index in [1.807, 2.05) is 6.07 Å². The highest BCUT2D eigenvalue weighted by Gasteiger charge is 2.05. The summed E-state index contributed by atoms with van der Waals surface area (Å²) in [6, 6.07) is 5.27. The van der Waals surface area contributed by atoms with Crippen LogP contribution in [0.3, 0.4) is 0 Å². The molecule has 0 aliphatic carbocycles. The Morgan fingerprint density at radius 2 is 2.43 bits per heavy atom. The Kier molecular flexibility index (Phi) is 2.06. The highest BCUT2D eigenvalue weighted by molar-refractivity contribution is 5.93. The van der Waals surface area contributed by atoms with Gasteiger partial charge in [-0.25, -0.2) is 4.79 Å². The van der Waals surface area contributed by atoms with Crippen molar-refractivity contribution in [1.82, 2.24) is 0 Å². The summed E-state index contributed by atoms with van der Waals surface area (Å²) in [7, 11) is 0. The molecule has 1 amide bonds. The van der Waals surface area contributed by atoms with Gasteiger partial charge >= 0.3 is 6.09 Å². The number of aliphatic imine (C=N–C) groups is 1. The molecule has 0 atom stereocenters. The fourth-order valence-corrected chi connectivity index (χ4v) is 1.31. The van der Waals surface area contributed by atoms with Gasteiger partial charge in [-0.05, 0) is 18.2 Å². The molecule has 0 saturated carbocycles. The predicted octanol–water partition coefficient (Wildman–Crippen LogP) is 1.58. The lowest BCUT2D eigenvalue weighted by atomic mass is 10.1. The molecule has 1 aliphatic rings. The molecule has 2 rings (SSSR count). The summed E-state index contributed by atoms with van der Waals surface area (Å²) in [5, 5.41) is 13.9. The molecule has 0 aromatic heterocycles. The van der Waals surface area contributed by atoms with Crippen molar-refractivity contribution >= 4 is 23.7 Å². The first kappa shape index (κ1) is 8.55. The number of carbonyl (C=O) groups is 1. The quantitative estimate of drug-likeness (QED) is 0.630. The number of hydrogen-bond donors (Lipinski definition) is 3. The summed E-state index contributed by atoms with van der Waals surface area (Å²) in [5.41, 5.74) is 2.41. The van der Waals surface area contributed by atoms with Crippen molar-refractivity contribution in [2.75, 3.05) is 17.3 Å². The molecule has 1 aliphatic heterocycles. The fourth-order valence-electron chi connectivity index (χ4n) is 1.31. The number of hydrogen-bond acceptors (Lipinski definition) is 3. The zero-order valence-electron chi connectivity index (χ0n) is 7.32. The van der Waals surface area contributed by atoms with E-state index in [2.05, 4.69) is 15.6 Å². The van der Waals surface area contributed by atoms with Gasteiger partial charge in [0.2, 0.25) is 0 Å². The van der Waals surface area contributed by atoms with E-state index in [0.717, 1.165) is 11.3 Å². The lowest BCUT2D eigenvalue weighted by Crippen LogP contribution is -2.10. The Morgan fingerprint density at radius 1 is 1.57 bits per heavy atom. The van der Waals surface area contributed by atoms with Gasteiger partial charge in [0.25, 0.3) is 0 Å². The summed E-state index contributed by atoms with van der Waals surface area (Å²) in [6.45, 7) is 0.568. The SMILES string of the molecule is O=C(O)Nc1ccc2c(c1)C=NCN2. The van der Waals surface area contributed by atoms with Crippen molar-refractivity contribution < 1.29 is 9.90 Å². The van der Waals surface area contributed by atoms with Crippen molar-refractivity contribution in [3.05, 3.63) is 23.8 Å². The molecule has 72 valence electrons. The van der Waals surface area contributed by atoms with Gasteiger partial charge < -0.3 is 10.4 Å². The molecule has 0 saturated heterocycles. The van der Waals surface area contributed by atoms with Crippen LogP contribution in [0.4, 0.5) is 16.2 Å². The maximum absolute atomic E-state index is 10.4. The molecule has 5 nitrogen and oxygen atoms in total. The molecule has 14 heavy (non-hydrogen) atoms. The second-order valence-corrected chi connectivity index (χ2v) is 2.88. The second kappa shape index (κ2) is 3.37. The number of nitrogens with zero attached hydrogens (tertiary/aromatic N) is 1. The minimum absolute atomic E-state index is 0.548. The first-order valence-corrected chi connectivity index (χ1v) is 4.13. The third-order valence-corrected chi connectivity index (χ3v) is 1.89. The van der Waals surface area contributed by atoms with E-state index in [1.54, 1.807) is 18.3 Å². The fraction of sp³-hybridized carbons (Fsp3) is 0.111. The standard InChI is InChI=1S/C9H9N3O2/c13-9(14)12-7-1-2-8-6(3-7)4-10-5-11-8/h1-4,11-12H,5H2,(H,13,14). The maximum atomic E-state index is 10.4. The van der Waals surface area contributed by atoms with Crippen LogP contribution in [0, 0.1) is 0 Å². The summed E-state index contributed by atoms with van der Waals surface area (Å²) < 4.78 is 0. The van der Waals surface area contributed by atoms with E-state index >= 15 is 0 Å². The van der Waals surface area contributed by atoms with Crippen molar-refractivity contribution in [3.63, 3.8) is 0 Å². The topological polar surface area (TPSA) is 73.7 Å². The molecular weight excluding hydrogens is 182 g/mol. The zero-order valence-corrected chi connectivity index (χ0v) is 7.32. The van der Waals surface area contributed by atoms with Crippen LogP contribution in [0.15, 0.2) is 23.2 Å². The van der Waals surface area contributed by atoms with E-state index in [1.165, 1.54) is 0 Å². The Labute approximate surface area is 80.5 Å². The summed E-state index contributed by atoms with van der Waals surface area (Å²) in [4.78, 5) is 14.4. The summed E-state index contributed by atoms with van der Waals surface area (Å²) in [6.07, 6.45) is 0.657. The number of amides is 1. The third kappa shape index (κ3) is 1.66. The Morgan fingerprint density at radius 3 is 3.21 bits per heavy atom. The van der Waals surface area contributed by atoms with Crippen LogP contribution in [-0.2, 0) is 0 Å². The van der Waals surface area contributed by atoms with Crippen LogP contribution in [0.2, 0.25) is 0 Å². The minimum Gasteiger partial charge on any atom is -0.465 e. The third-order valence-electron chi connectivity index (χ3n) is 1.89. The molecule has 0 fully saturated rings. The lowest BCUT2D eigenvalue weighted by Gasteiger charge is -2.13. The molecule has 3 N–H and O–H groups in total. The van der Waals surface area contributed by atoms with Gasteiger partial charge in [-0.3, -0.25) is 10.3 Å². The normalized spacial score (nSPS) is 12.9. The van der Waals surface area contributed by atoms with Gasteiger partial charge in [0.05, 0.1) is 0 Å². The first-order valence-electron chi connectivity index (χ1n) is 4.13. The van der Waals surface area contributed by atoms with Crippen LogP contribution < -0.4 is 10.6 Å². The van der Waals surface area contributed by atoms with Crippen LogP contribution in [-0.4, -0.2) is 24.1 Å².